The van der Waals surface area contributed by atoms with Crippen LogP contribution in [0.25, 0.3) is 0 Å². The molecule has 1 saturated heterocycles. The molecule has 0 spiro atoms. The first kappa shape index (κ1) is 23.1. The number of carbonyl (C=O) groups excluding carboxylic acids is 1. The van der Waals surface area contributed by atoms with E-state index >= 15 is 0 Å². The van der Waals surface area contributed by atoms with Crippen molar-refractivity contribution in [2.75, 3.05) is 56.7 Å². The van der Waals surface area contributed by atoms with E-state index in [0.29, 0.717) is 45.1 Å². The molecule has 0 unspecified atom stereocenters. The molecule has 0 bridgehead atoms. The third-order valence-electron chi connectivity index (χ3n) is 5.12. The van der Waals surface area contributed by atoms with Crippen LogP contribution in [-0.2, 0) is 19.6 Å². The van der Waals surface area contributed by atoms with Gasteiger partial charge in [0.25, 0.3) is 0 Å². The number of nitrogens with zero attached hydrogens (tertiary/aromatic N) is 2. The molecule has 8 nitrogen and oxygen atoms in total. The minimum atomic E-state index is -3.60. The van der Waals surface area contributed by atoms with Crippen molar-refractivity contribution in [2.45, 2.75) is 18.2 Å². The number of rotatable bonds is 9. The molecular weight excluding hydrogens is 418 g/mol. The maximum Gasteiger partial charge on any atom is 0.243 e. The molecule has 2 aromatic carbocycles. The average Bonchev–Trinajstić information content (AvgIpc) is 2.79. The van der Waals surface area contributed by atoms with Gasteiger partial charge >= 0.3 is 0 Å². The Bertz CT molecular complexity index is 971. The van der Waals surface area contributed by atoms with Gasteiger partial charge in [0.1, 0.15) is 5.75 Å². The lowest BCUT2D eigenvalue weighted by atomic mass is 10.2. The molecule has 0 aliphatic carbocycles. The van der Waals surface area contributed by atoms with Crippen molar-refractivity contribution in [2.24, 2.45) is 0 Å². The Morgan fingerprint density at radius 3 is 2.35 bits per heavy atom. The number of carbonyl (C=O) groups is 1. The Morgan fingerprint density at radius 2 is 1.71 bits per heavy atom. The van der Waals surface area contributed by atoms with Gasteiger partial charge in [-0.1, -0.05) is 12.1 Å². The fraction of sp³-hybridized carbons (Fsp3) is 0.409. The maximum absolute atomic E-state index is 13.0. The van der Waals surface area contributed by atoms with E-state index in [2.05, 4.69) is 10.2 Å². The van der Waals surface area contributed by atoms with Gasteiger partial charge in [0, 0.05) is 38.5 Å². The standard InChI is InChI=1S/C22H29N3O5S/c1-3-30-17-12-22(26)23-18-8-10-19(11-9-18)31(27,28)25-15-13-24(14-16-25)20-6-4-5-7-21(20)29-2/h4-11H,3,12-17H2,1-2H3,(H,23,26). The minimum absolute atomic E-state index is 0.170. The van der Waals surface area contributed by atoms with Crippen molar-refractivity contribution in [3.63, 3.8) is 0 Å². The van der Waals surface area contributed by atoms with Crippen molar-refractivity contribution in [3.05, 3.63) is 48.5 Å². The number of ether oxygens (including phenoxy) is 2. The molecule has 3 rings (SSSR count). The van der Waals surface area contributed by atoms with Crippen LogP contribution in [0, 0.1) is 0 Å². The summed E-state index contributed by atoms with van der Waals surface area (Å²) in [4.78, 5) is 14.2. The summed E-state index contributed by atoms with van der Waals surface area (Å²) in [5, 5.41) is 2.75. The van der Waals surface area contributed by atoms with Crippen molar-refractivity contribution < 1.29 is 22.7 Å². The SMILES string of the molecule is CCOCCC(=O)Nc1ccc(S(=O)(=O)N2CCN(c3ccccc3OC)CC2)cc1. The third kappa shape index (κ3) is 5.75. The Kier molecular flexibility index (Phi) is 7.89. The number of benzene rings is 2. The highest BCUT2D eigenvalue weighted by molar-refractivity contribution is 7.89. The smallest absolute Gasteiger partial charge is 0.243 e. The minimum Gasteiger partial charge on any atom is -0.495 e. The average molecular weight is 448 g/mol. The van der Waals surface area contributed by atoms with Gasteiger partial charge in [-0.3, -0.25) is 4.79 Å². The summed E-state index contributed by atoms with van der Waals surface area (Å²) in [6.45, 7) is 4.71. The van der Waals surface area contributed by atoms with Crippen LogP contribution in [0.15, 0.2) is 53.4 Å². The van der Waals surface area contributed by atoms with Crippen LogP contribution in [0.2, 0.25) is 0 Å². The number of methoxy groups -OCH3 is 1. The molecular formula is C22H29N3O5S. The summed E-state index contributed by atoms with van der Waals surface area (Å²) in [6.07, 6.45) is 0.254. The van der Waals surface area contributed by atoms with E-state index in [-0.39, 0.29) is 17.2 Å². The molecule has 0 atom stereocenters. The van der Waals surface area contributed by atoms with Crippen LogP contribution in [0.3, 0.4) is 0 Å². The number of para-hydroxylation sites is 2. The van der Waals surface area contributed by atoms with Crippen molar-refractivity contribution >= 4 is 27.3 Å². The van der Waals surface area contributed by atoms with Gasteiger partial charge in [-0.25, -0.2) is 8.42 Å². The Morgan fingerprint density at radius 1 is 1.03 bits per heavy atom. The van der Waals surface area contributed by atoms with E-state index in [1.807, 2.05) is 31.2 Å². The molecule has 168 valence electrons. The molecule has 1 heterocycles. The van der Waals surface area contributed by atoms with Gasteiger partial charge in [0.05, 0.1) is 30.7 Å². The first-order valence-corrected chi connectivity index (χ1v) is 11.8. The number of piperazine rings is 1. The predicted octanol–water partition coefficient (Wildman–Crippen LogP) is 2.57. The lowest BCUT2D eigenvalue weighted by Crippen LogP contribution is -2.48. The molecule has 0 aromatic heterocycles. The molecule has 0 radical (unpaired) electrons. The summed E-state index contributed by atoms with van der Waals surface area (Å²) in [5.41, 5.74) is 1.52. The quantitative estimate of drug-likeness (QED) is 0.595. The van der Waals surface area contributed by atoms with Crippen molar-refractivity contribution in [1.29, 1.82) is 0 Å². The number of nitrogens with one attached hydrogen (secondary N) is 1. The monoisotopic (exact) mass is 447 g/mol. The molecule has 1 amide bonds. The molecule has 1 N–H and O–H groups in total. The summed E-state index contributed by atoms with van der Waals surface area (Å²) in [6, 6.07) is 14.0. The van der Waals surface area contributed by atoms with E-state index in [1.54, 1.807) is 19.2 Å². The zero-order valence-electron chi connectivity index (χ0n) is 17.9. The zero-order chi connectivity index (χ0) is 22.3. The lowest BCUT2D eigenvalue weighted by Gasteiger charge is -2.35. The van der Waals surface area contributed by atoms with E-state index in [1.165, 1.54) is 16.4 Å². The molecule has 0 saturated carbocycles. The molecule has 1 aliphatic heterocycles. The molecule has 31 heavy (non-hydrogen) atoms. The number of sulfonamides is 1. The highest BCUT2D eigenvalue weighted by atomic mass is 32.2. The van der Waals surface area contributed by atoms with Crippen LogP contribution in [-0.4, -0.2) is 65.1 Å². The Hall–Kier alpha value is -2.62. The first-order chi connectivity index (χ1) is 15.0. The zero-order valence-corrected chi connectivity index (χ0v) is 18.7. The summed E-state index contributed by atoms with van der Waals surface area (Å²) < 4.78 is 38.2. The number of hydrogen-bond acceptors (Lipinski definition) is 6. The van der Waals surface area contributed by atoms with Crippen LogP contribution >= 0.6 is 0 Å². The fourth-order valence-corrected chi connectivity index (χ4v) is 4.87. The molecule has 9 heteroatoms. The second-order valence-electron chi connectivity index (χ2n) is 7.08. The largest absolute Gasteiger partial charge is 0.495 e. The van der Waals surface area contributed by atoms with Gasteiger partial charge in [0.15, 0.2) is 0 Å². The first-order valence-electron chi connectivity index (χ1n) is 10.3. The maximum atomic E-state index is 13.0. The molecule has 1 aliphatic rings. The highest BCUT2D eigenvalue weighted by Gasteiger charge is 2.29. The van der Waals surface area contributed by atoms with E-state index in [9.17, 15) is 13.2 Å². The van der Waals surface area contributed by atoms with Crippen molar-refractivity contribution in [1.82, 2.24) is 4.31 Å². The normalized spacial score (nSPS) is 15.0. The van der Waals surface area contributed by atoms with Gasteiger partial charge in [-0.15, -0.1) is 0 Å². The van der Waals surface area contributed by atoms with Crippen molar-refractivity contribution in [3.8, 4) is 5.75 Å². The summed E-state index contributed by atoms with van der Waals surface area (Å²) in [5.74, 6) is 0.606. The third-order valence-corrected chi connectivity index (χ3v) is 7.03. The molecule has 2 aromatic rings. The van der Waals surface area contributed by atoms with Crippen LogP contribution < -0.4 is 15.0 Å². The lowest BCUT2D eigenvalue weighted by molar-refractivity contribution is -0.117. The fourth-order valence-electron chi connectivity index (χ4n) is 3.45. The second kappa shape index (κ2) is 10.6. The van der Waals surface area contributed by atoms with E-state index in [0.717, 1.165) is 11.4 Å². The van der Waals surface area contributed by atoms with Gasteiger partial charge in [0.2, 0.25) is 15.9 Å². The summed E-state index contributed by atoms with van der Waals surface area (Å²) in [7, 11) is -1.97. The summed E-state index contributed by atoms with van der Waals surface area (Å²) >= 11 is 0. The highest BCUT2D eigenvalue weighted by Crippen LogP contribution is 2.29. The van der Waals surface area contributed by atoms with Gasteiger partial charge < -0.3 is 19.7 Å². The van der Waals surface area contributed by atoms with E-state index in [4.69, 9.17) is 9.47 Å². The van der Waals surface area contributed by atoms with Gasteiger partial charge in [-0.05, 0) is 43.3 Å². The Balaban J connectivity index is 1.60. The topological polar surface area (TPSA) is 88.2 Å². The van der Waals surface area contributed by atoms with Gasteiger partial charge in [-0.2, -0.15) is 4.31 Å². The van der Waals surface area contributed by atoms with Crippen LogP contribution in [0.4, 0.5) is 11.4 Å². The van der Waals surface area contributed by atoms with E-state index < -0.39 is 10.0 Å². The number of anilines is 2. The second-order valence-corrected chi connectivity index (χ2v) is 9.02. The van der Waals surface area contributed by atoms with Crippen LogP contribution in [0.1, 0.15) is 13.3 Å². The number of hydrogen-bond donors (Lipinski definition) is 1. The number of amides is 1. The van der Waals surface area contributed by atoms with Crippen LogP contribution in [0.5, 0.6) is 5.75 Å². The Labute approximate surface area is 183 Å². The predicted molar refractivity (Wildman–Crippen MR) is 120 cm³/mol. The molecule has 1 fully saturated rings.